The SMILES string of the molecule is CCc1nn(C)c(C(=O)c2ccc([N+](=O)[O-])cc2)c1Cl. The van der Waals surface area contributed by atoms with Gasteiger partial charge in [0.05, 0.1) is 15.6 Å². The number of halogens is 1. The lowest BCUT2D eigenvalue weighted by Gasteiger charge is -2.02. The normalized spacial score (nSPS) is 10.6. The van der Waals surface area contributed by atoms with Gasteiger partial charge in [0.15, 0.2) is 0 Å². The Kier molecular flexibility index (Phi) is 3.85. The van der Waals surface area contributed by atoms with E-state index >= 15 is 0 Å². The van der Waals surface area contributed by atoms with E-state index in [1.165, 1.54) is 28.9 Å². The molecule has 2 rings (SSSR count). The summed E-state index contributed by atoms with van der Waals surface area (Å²) in [5.41, 5.74) is 1.21. The zero-order valence-corrected chi connectivity index (χ0v) is 11.7. The molecule has 0 saturated carbocycles. The molecular formula is C13H12ClN3O3. The van der Waals surface area contributed by atoms with Crippen molar-refractivity contribution >= 4 is 23.1 Å². The van der Waals surface area contributed by atoms with Crippen LogP contribution in [0.15, 0.2) is 24.3 Å². The smallest absolute Gasteiger partial charge is 0.269 e. The third-order valence-corrected chi connectivity index (χ3v) is 3.34. The van der Waals surface area contributed by atoms with Crippen LogP contribution in [0.2, 0.25) is 5.02 Å². The summed E-state index contributed by atoms with van der Waals surface area (Å²) < 4.78 is 1.44. The molecule has 0 bridgehead atoms. The first kappa shape index (κ1) is 14.2. The fraction of sp³-hybridized carbons (Fsp3) is 0.231. The van der Waals surface area contributed by atoms with E-state index in [9.17, 15) is 14.9 Å². The minimum absolute atomic E-state index is 0.0631. The molecule has 2 aromatic rings. The highest BCUT2D eigenvalue weighted by atomic mass is 35.5. The molecule has 0 aliphatic rings. The third-order valence-electron chi connectivity index (χ3n) is 2.95. The van der Waals surface area contributed by atoms with Gasteiger partial charge < -0.3 is 0 Å². The van der Waals surface area contributed by atoms with Gasteiger partial charge in [-0.25, -0.2) is 0 Å². The number of hydrogen-bond acceptors (Lipinski definition) is 4. The highest BCUT2D eigenvalue weighted by Gasteiger charge is 2.21. The lowest BCUT2D eigenvalue weighted by Crippen LogP contribution is -2.08. The van der Waals surface area contributed by atoms with Crippen LogP contribution in [0, 0.1) is 10.1 Å². The fourth-order valence-corrected chi connectivity index (χ4v) is 2.28. The molecule has 0 unspecified atom stereocenters. The van der Waals surface area contributed by atoms with Crippen LogP contribution in [0.25, 0.3) is 0 Å². The van der Waals surface area contributed by atoms with Crippen molar-refractivity contribution in [2.75, 3.05) is 0 Å². The molecule has 7 heteroatoms. The van der Waals surface area contributed by atoms with Crippen molar-refractivity contribution < 1.29 is 9.72 Å². The number of aryl methyl sites for hydroxylation is 2. The van der Waals surface area contributed by atoms with E-state index in [0.29, 0.717) is 22.7 Å². The zero-order valence-electron chi connectivity index (χ0n) is 11.0. The zero-order chi connectivity index (χ0) is 14.9. The van der Waals surface area contributed by atoms with Crippen LogP contribution in [0.1, 0.15) is 28.7 Å². The fourth-order valence-electron chi connectivity index (χ4n) is 1.90. The number of non-ortho nitro benzene ring substituents is 1. The molecule has 0 aliphatic carbocycles. The lowest BCUT2D eigenvalue weighted by molar-refractivity contribution is -0.384. The first-order valence-electron chi connectivity index (χ1n) is 5.96. The average molecular weight is 294 g/mol. The van der Waals surface area contributed by atoms with Gasteiger partial charge in [0.25, 0.3) is 5.69 Å². The highest BCUT2D eigenvalue weighted by molar-refractivity contribution is 6.35. The van der Waals surface area contributed by atoms with Crippen LogP contribution in [-0.2, 0) is 13.5 Å². The summed E-state index contributed by atoms with van der Waals surface area (Å²) in [5.74, 6) is -0.306. The molecule has 0 atom stereocenters. The molecule has 6 nitrogen and oxygen atoms in total. The van der Waals surface area contributed by atoms with Gasteiger partial charge in [-0.05, 0) is 18.6 Å². The number of benzene rings is 1. The standard InChI is InChI=1S/C13H12ClN3O3/c1-3-10-11(14)12(16(2)15-10)13(18)8-4-6-9(7-5-8)17(19)20/h4-7H,3H2,1-2H3. The quantitative estimate of drug-likeness (QED) is 0.493. The molecule has 104 valence electrons. The summed E-state index contributed by atoms with van der Waals surface area (Å²) in [5, 5.41) is 15.1. The summed E-state index contributed by atoms with van der Waals surface area (Å²) >= 11 is 6.14. The minimum atomic E-state index is -0.513. The second-order valence-corrected chi connectivity index (χ2v) is 4.60. The van der Waals surface area contributed by atoms with Crippen LogP contribution in [0.5, 0.6) is 0 Å². The number of nitrogens with zero attached hydrogens (tertiary/aromatic N) is 3. The van der Waals surface area contributed by atoms with Crippen molar-refractivity contribution in [2.24, 2.45) is 7.05 Å². The first-order valence-corrected chi connectivity index (χ1v) is 6.34. The number of carbonyl (C=O) groups excluding carboxylic acids is 1. The minimum Gasteiger partial charge on any atom is -0.287 e. The molecule has 1 aromatic carbocycles. The molecule has 0 radical (unpaired) electrons. The summed E-state index contributed by atoms with van der Waals surface area (Å²) in [6.07, 6.45) is 0.625. The Balaban J connectivity index is 2.41. The average Bonchev–Trinajstić information content (AvgIpc) is 2.72. The van der Waals surface area contributed by atoms with Crippen molar-refractivity contribution in [1.29, 1.82) is 0 Å². The number of hydrogen-bond donors (Lipinski definition) is 0. The Hall–Kier alpha value is -2.21. The molecule has 20 heavy (non-hydrogen) atoms. The van der Waals surface area contributed by atoms with Gasteiger partial charge in [-0.2, -0.15) is 5.10 Å². The van der Waals surface area contributed by atoms with Gasteiger partial charge >= 0.3 is 0 Å². The Morgan fingerprint density at radius 1 is 1.40 bits per heavy atom. The Labute approximate surface area is 120 Å². The number of aromatic nitrogens is 2. The van der Waals surface area contributed by atoms with Gasteiger partial charge in [0, 0.05) is 24.7 Å². The summed E-state index contributed by atoms with van der Waals surface area (Å²) in [6, 6.07) is 5.40. The number of nitro benzene ring substituents is 1. The topological polar surface area (TPSA) is 78.0 Å². The van der Waals surface area contributed by atoms with Crippen molar-refractivity contribution in [2.45, 2.75) is 13.3 Å². The van der Waals surface area contributed by atoms with E-state index in [4.69, 9.17) is 11.6 Å². The number of rotatable bonds is 4. The highest BCUT2D eigenvalue weighted by Crippen LogP contribution is 2.24. The number of ketones is 1. The van der Waals surface area contributed by atoms with Crippen molar-refractivity contribution in [3.63, 3.8) is 0 Å². The molecule has 0 amide bonds. The van der Waals surface area contributed by atoms with E-state index in [-0.39, 0.29) is 17.2 Å². The van der Waals surface area contributed by atoms with E-state index < -0.39 is 4.92 Å². The van der Waals surface area contributed by atoms with Crippen molar-refractivity contribution in [3.05, 3.63) is 56.4 Å². The van der Waals surface area contributed by atoms with Gasteiger partial charge in [-0.15, -0.1) is 0 Å². The first-order chi connectivity index (χ1) is 9.45. The summed E-state index contributed by atoms with van der Waals surface area (Å²) in [4.78, 5) is 22.5. The summed E-state index contributed by atoms with van der Waals surface area (Å²) in [7, 11) is 1.64. The van der Waals surface area contributed by atoms with Gasteiger partial charge in [0.1, 0.15) is 5.69 Å². The maximum absolute atomic E-state index is 12.4. The molecule has 0 N–H and O–H groups in total. The maximum Gasteiger partial charge on any atom is 0.269 e. The molecular weight excluding hydrogens is 282 g/mol. The number of carbonyl (C=O) groups is 1. The monoisotopic (exact) mass is 293 g/mol. The molecule has 0 saturated heterocycles. The van der Waals surface area contributed by atoms with Crippen LogP contribution in [0.3, 0.4) is 0 Å². The molecule has 0 aliphatic heterocycles. The van der Waals surface area contributed by atoms with Gasteiger partial charge in [-0.1, -0.05) is 18.5 Å². The van der Waals surface area contributed by atoms with Crippen LogP contribution >= 0.6 is 11.6 Å². The Bertz CT molecular complexity index is 677. The predicted molar refractivity (Wildman–Crippen MR) is 74.1 cm³/mol. The van der Waals surface area contributed by atoms with Crippen molar-refractivity contribution in [1.82, 2.24) is 9.78 Å². The lowest BCUT2D eigenvalue weighted by atomic mass is 10.1. The van der Waals surface area contributed by atoms with E-state index in [2.05, 4.69) is 5.10 Å². The van der Waals surface area contributed by atoms with Crippen LogP contribution in [0.4, 0.5) is 5.69 Å². The van der Waals surface area contributed by atoms with E-state index in [1.54, 1.807) is 7.05 Å². The van der Waals surface area contributed by atoms with Gasteiger partial charge in [0.2, 0.25) is 5.78 Å². The van der Waals surface area contributed by atoms with Crippen LogP contribution in [-0.4, -0.2) is 20.5 Å². The third kappa shape index (κ3) is 2.42. The molecule has 0 fully saturated rings. The second-order valence-electron chi connectivity index (χ2n) is 4.22. The van der Waals surface area contributed by atoms with E-state index in [0.717, 1.165) is 0 Å². The Morgan fingerprint density at radius 2 is 2.00 bits per heavy atom. The summed E-state index contributed by atoms with van der Waals surface area (Å²) in [6.45, 7) is 1.90. The second kappa shape index (κ2) is 5.42. The van der Waals surface area contributed by atoms with Crippen molar-refractivity contribution in [3.8, 4) is 0 Å². The largest absolute Gasteiger partial charge is 0.287 e. The predicted octanol–water partition coefficient (Wildman–Crippen LogP) is 2.78. The van der Waals surface area contributed by atoms with Gasteiger partial charge in [-0.3, -0.25) is 19.6 Å². The Morgan fingerprint density at radius 3 is 2.45 bits per heavy atom. The number of nitro groups is 1. The molecule has 0 spiro atoms. The van der Waals surface area contributed by atoms with E-state index in [1.807, 2.05) is 6.92 Å². The molecule has 1 aromatic heterocycles. The maximum atomic E-state index is 12.4. The van der Waals surface area contributed by atoms with Crippen LogP contribution < -0.4 is 0 Å². The molecule has 1 heterocycles.